The number of anilines is 1. The number of carboxylic acids is 1. The summed E-state index contributed by atoms with van der Waals surface area (Å²) >= 11 is 0. The molecule has 0 spiro atoms. The Labute approximate surface area is 106 Å². The number of aromatic nitrogens is 2. The number of rotatable bonds is 6. The summed E-state index contributed by atoms with van der Waals surface area (Å²) in [6.07, 6.45) is 2.62. The smallest absolute Gasteiger partial charge is 0.329 e. The van der Waals surface area contributed by atoms with Crippen LogP contribution in [-0.4, -0.2) is 33.7 Å². The van der Waals surface area contributed by atoms with Gasteiger partial charge in [-0.05, 0) is 20.3 Å². The standard InChI is InChI=1S/C12H19N3O3/c1-5-6-12(3,11(16)17)15-9-8(2)10(18-4)14-7-13-9/h7H,5-6H2,1-4H3,(H,16,17)(H,13,14,15). The molecule has 1 rings (SSSR count). The average molecular weight is 253 g/mol. The first-order chi connectivity index (χ1) is 8.44. The van der Waals surface area contributed by atoms with Crippen molar-refractivity contribution in [3.05, 3.63) is 11.9 Å². The lowest BCUT2D eigenvalue weighted by atomic mass is 9.96. The van der Waals surface area contributed by atoms with E-state index in [4.69, 9.17) is 4.74 Å². The van der Waals surface area contributed by atoms with Crippen LogP contribution in [0.15, 0.2) is 6.33 Å². The van der Waals surface area contributed by atoms with Crippen molar-refractivity contribution in [2.45, 2.75) is 39.2 Å². The highest BCUT2D eigenvalue weighted by Gasteiger charge is 2.33. The van der Waals surface area contributed by atoms with Gasteiger partial charge in [-0.3, -0.25) is 0 Å². The number of methoxy groups -OCH3 is 1. The zero-order valence-corrected chi connectivity index (χ0v) is 11.1. The lowest BCUT2D eigenvalue weighted by Gasteiger charge is -2.27. The number of carboxylic acid groups (broad SMARTS) is 1. The summed E-state index contributed by atoms with van der Waals surface area (Å²) in [5.74, 6) is 0.0262. The van der Waals surface area contributed by atoms with E-state index in [0.29, 0.717) is 23.7 Å². The summed E-state index contributed by atoms with van der Waals surface area (Å²) in [6.45, 7) is 5.37. The second kappa shape index (κ2) is 5.66. The maximum atomic E-state index is 11.3. The summed E-state index contributed by atoms with van der Waals surface area (Å²) < 4.78 is 5.08. The van der Waals surface area contributed by atoms with Crippen LogP contribution >= 0.6 is 0 Å². The fraction of sp³-hybridized carbons (Fsp3) is 0.583. The summed E-state index contributed by atoms with van der Waals surface area (Å²) in [4.78, 5) is 19.4. The van der Waals surface area contributed by atoms with E-state index in [-0.39, 0.29) is 0 Å². The van der Waals surface area contributed by atoms with Crippen molar-refractivity contribution in [2.24, 2.45) is 0 Å². The number of ether oxygens (including phenoxy) is 1. The molecule has 18 heavy (non-hydrogen) atoms. The van der Waals surface area contributed by atoms with Crippen LogP contribution in [0.1, 0.15) is 32.3 Å². The first-order valence-electron chi connectivity index (χ1n) is 5.81. The van der Waals surface area contributed by atoms with Gasteiger partial charge in [-0.25, -0.2) is 14.8 Å². The molecule has 0 radical (unpaired) electrons. The van der Waals surface area contributed by atoms with Crippen LogP contribution in [0.3, 0.4) is 0 Å². The van der Waals surface area contributed by atoms with Crippen LogP contribution in [0.25, 0.3) is 0 Å². The number of carbonyl (C=O) groups is 1. The molecule has 6 nitrogen and oxygen atoms in total. The van der Waals surface area contributed by atoms with Gasteiger partial charge in [0, 0.05) is 0 Å². The van der Waals surface area contributed by atoms with Crippen molar-refractivity contribution in [2.75, 3.05) is 12.4 Å². The highest BCUT2D eigenvalue weighted by Crippen LogP contribution is 2.25. The fourth-order valence-corrected chi connectivity index (χ4v) is 1.75. The van der Waals surface area contributed by atoms with Gasteiger partial charge in [0.15, 0.2) is 0 Å². The molecule has 1 heterocycles. The normalized spacial score (nSPS) is 13.8. The van der Waals surface area contributed by atoms with E-state index in [1.54, 1.807) is 13.8 Å². The largest absolute Gasteiger partial charge is 0.481 e. The Morgan fingerprint density at radius 2 is 2.22 bits per heavy atom. The van der Waals surface area contributed by atoms with E-state index in [2.05, 4.69) is 15.3 Å². The number of hydrogen-bond acceptors (Lipinski definition) is 5. The average Bonchev–Trinajstić information content (AvgIpc) is 2.32. The van der Waals surface area contributed by atoms with Gasteiger partial charge >= 0.3 is 5.97 Å². The molecular weight excluding hydrogens is 234 g/mol. The Hall–Kier alpha value is -1.85. The summed E-state index contributed by atoms with van der Waals surface area (Å²) in [7, 11) is 1.52. The molecule has 0 aliphatic heterocycles. The van der Waals surface area contributed by atoms with Crippen LogP contribution in [-0.2, 0) is 4.79 Å². The van der Waals surface area contributed by atoms with Crippen molar-refractivity contribution in [3.8, 4) is 5.88 Å². The second-order valence-electron chi connectivity index (χ2n) is 4.37. The lowest BCUT2D eigenvalue weighted by molar-refractivity contribution is -0.142. The van der Waals surface area contributed by atoms with Gasteiger partial charge in [0.05, 0.1) is 12.7 Å². The Morgan fingerprint density at radius 1 is 1.56 bits per heavy atom. The molecule has 0 fully saturated rings. The van der Waals surface area contributed by atoms with E-state index in [1.807, 2.05) is 6.92 Å². The number of hydrogen-bond donors (Lipinski definition) is 2. The molecule has 2 N–H and O–H groups in total. The van der Waals surface area contributed by atoms with Crippen molar-refractivity contribution < 1.29 is 14.6 Å². The highest BCUT2D eigenvalue weighted by molar-refractivity contribution is 5.82. The zero-order chi connectivity index (χ0) is 13.8. The molecule has 6 heteroatoms. The quantitative estimate of drug-likeness (QED) is 0.804. The molecule has 0 saturated carbocycles. The van der Waals surface area contributed by atoms with Crippen LogP contribution < -0.4 is 10.1 Å². The monoisotopic (exact) mass is 253 g/mol. The number of nitrogens with one attached hydrogen (secondary N) is 1. The van der Waals surface area contributed by atoms with Crippen LogP contribution in [0.2, 0.25) is 0 Å². The second-order valence-corrected chi connectivity index (χ2v) is 4.37. The minimum absolute atomic E-state index is 0.441. The first-order valence-corrected chi connectivity index (χ1v) is 5.81. The van der Waals surface area contributed by atoms with E-state index in [9.17, 15) is 9.90 Å². The Bertz CT molecular complexity index is 437. The molecule has 1 aromatic heterocycles. The highest BCUT2D eigenvalue weighted by atomic mass is 16.5. The van der Waals surface area contributed by atoms with Crippen molar-refractivity contribution in [1.82, 2.24) is 9.97 Å². The maximum Gasteiger partial charge on any atom is 0.329 e. The predicted molar refractivity (Wildman–Crippen MR) is 67.9 cm³/mol. The molecular formula is C12H19N3O3. The van der Waals surface area contributed by atoms with E-state index >= 15 is 0 Å². The van der Waals surface area contributed by atoms with E-state index in [1.165, 1.54) is 13.4 Å². The lowest BCUT2D eigenvalue weighted by Crippen LogP contribution is -2.43. The number of aliphatic carboxylic acids is 1. The van der Waals surface area contributed by atoms with Crippen LogP contribution in [0.5, 0.6) is 5.88 Å². The third-order valence-electron chi connectivity index (χ3n) is 2.85. The minimum atomic E-state index is -1.04. The summed E-state index contributed by atoms with van der Waals surface area (Å²) in [5, 5.41) is 12.3. The molecule has 100 valence electrons. The van der Waals surface area contributed by atoms with Crippen LogP contribution in [0, 0.1) is 6.92 Å². The molecule has 0 bridgehead atoms. The van der Waals surface area contributed by atoms with Gasteiger partial charge in [0.25, 0.3) is 0 Å². The van der Waals surface area contributed by atoms with Crippen molar-refractivity contribution in [3.63, 3.8) is 0 Å². The summed E-state index contributed by atoms with van der Waals surface area (Å²) in [5.41, 5.74) is -0.345. The topological polar surface area (TPSA) is 84.3 Å². The third kappa shape index (κ3) is 2.88. The first kappa shape index (κ1) is 14.2. The van der Waals surface area contributed by atoms with Gasteiger partial charge in [0.1, 0.15) is 17.7 Å². The molecule has 0 aliphatic rings. The minimum Gasteiger partial charge on any atom is -0.481 e. The molecule has 1 aromatic rings. The van der Waals surface area contributed by atoms with Crippen molar-refractivity contribution >= 4 is 11.8 Å². The maximum absolute atomic E-state index is 11.3. The molecule has 0 aromatic carbocycles. The molecule has 0 aliphatic carbocycles. The molecule has 0 amide bonds. The van der Waals surface area contributed by atoms with Gasteiger partial charge < -0.3 is 15.2 Å². The Balaban J connectivity index is 3.05. The van der Waals surface area contributed by atoms with Gasteiger partial charge in [-0.2, -0.15) is 0 Å². The third-order valence-corrected chi connectivity index (χ3v) is 2.85. The van der Waals surface area contributed by atoms with Gasteiger partial charge in [0.2, 0.25) is 5.88 Å². The summed E-state index contributed by atoms with van der Waals surface area (Å²) in [6, 6.07) is 0. The number of nitrogens with zero attached hydrogens (tertiary/aromatic N) is 2. The van der Waals surface area contributed by atoms with Crippen molar-refractivity contribution in [1.29, 1.82) is 0 Å². The molecule has 1 atom stereocenters. The zero-order valence-electron chi connectivity index (χ0n) is 11.1. The van der Waals surface area contributed by atoms with Gasteiger partial charge in [-0.1, -0.05) is 13.3 Å². The van der Waals surface area contributed by atoms with E-state index in [0.717, 1.165) is 6.42 Å². The predicted octanol–water partition coefficient (Wildman–Crippen LogP) is 1.85. The van der Waals surface area contributed by atoms with Gasteiger partial charge in [-0.15, -0.1) is 0 Å². The SMILES string of the molecule is CCCC(C)(Nc1ncnc(OC)c1C)C(=O)O. The Morgan fingerprint density at radius 3 is 2.72 bits per heavy atom. The molecule has 0 saturated heterocycles. The Kier molecular flexibility index (Phi) is 4.47. The molecule has 1 unspecified atom stereocenters. The van der Waals surface area contributed by atoms with E-state index < -0.39 is 11.5 Å². The van der Waals surface area contributed by atoms with Crippen LogP contribution in [0.4, 0.5) is 5.82 Å². The fourth-order valence-electron chi connectivity index (χ4n) is 1.75.